The zero-order valence-corrected chi connectivity index (χ0v) is 9.98. The first-order chi connectivity index (χ1) is 6.32. The fourth-order valence-corrected chi connectivity index (χ4v) is 1.78. The lowest BCUT2D eigenvalue weighted by Crippen LogP contribution is -2.13. The van der Waals surface area contributed by atoms with E-state index in [1.54, 1.807) is 0 Å². The Morgan fingerprint density at radius 3 is 2.21 bits per heavy atom. The van der Waals surface area contributed by atoms with Crippen LogP contribution in [0, 0.1) is 6.92 Å². The maximum Gasteiger partial charge on any atom is 0.216 e. The van der Waals surface area contributed by atoms with Gasteiger partial charge in [0, 0.05) is 5.56 Å². The molecule has 1 rings (SSSR count). The molecule has 0 heterocycles. The van der Waals surface area contributed by atoms with E-state index in [1.807, 2.05) is 25.1 Å². The van der Waals surface area contributed by atoms with Gasteiger partial charge in [0.05, 0.1) is 0 Å². The van der Waals surface area contributed by atoms with Crippen molar-refractivity contribution in [3.05, 3.63) is 34.9 Å². The van der Waals surface area contributed by atoms with Crippen LogP contribution in [0.15, 0.2) is 18.2 Å². The molecule has 0 saturated heterocycles. The van der Waals surface area contributed by atoms with Crippen molar-refractivity contribution in [3.63, 3.8) is 0 Å². The summed E-state index contributed by atoms with van der Waals surface area (Å²) >= 11 is 3.80. The molecular formula is C12H16OS. The second-order valence-electron chi connectivity index (χ2n) is 4.58. The Morgan fingerprint density at radius 2 is 1.86 bits per heavy atom. The molecule has 1 aromatic carbocycles. The van der Waals surface area contributed by atoms with Gasteiger partial charge in [0.1, 0.15) is 0 Å². The molecule has 76 valence electrons. The zero-order valence-electron chi connectivity index (χ0n) is 9.09. The van der Waals surface area contributed by atoms with E-state index < -0.39 is 0 Å². The van der Waals surface area contributed by atoms with Crippen molar-refractivity contribution < 1.29 is 4.79 Å². The smallest absolute Gasteiger partial charge is 0.216 e. The number of carbonyl (C=O) groups is 1. The third kappa shape index (κ3) is 2.38. The fraction of sp³-hybridized carbons (Fsp3) is 0.417. The Morgan fingerprint density at radius 1 is 1.29 bits per heavy atom. The molecule has 0 spiro atoms. The molecule has 14 heavy (non-hydrogen) atoms. The predicted octanol–water partition coefficient (Wildman–Crippen LogP) is 3.36. The standard InChI is InChI=1S/C12H16OS/c1-8-7-9(11(13)14)5-6-10(8)12(2,3)4/h5-7H,1-4H3,(H,13,14). The van der Waals surface area contributed by atoms with Crippen LogP contribution in [-0.4, -0.2) is 5.12 Å². The van der Waals surface area contributed by atoms with Gasteiger partial charge < -0.3 is 0 Å². The molecule has 0 amide bonds. The van der Waals surface area contributed by atoms with Crippen molar-refractivity contribution in [1.82, 2.24) is 0 Å². The molecule has 0 aromatic heterocycles. The van der Waals surface area contributed by atoms with Crippen molar-refractivity contribution in [2.24, 2.45) is 0 Å². The fourth-order valence-electron chi connectivity index (χ4n) is 1.64. The second-order valence-corrected chi connectivity index (χ2v) is 4.99. The number of thiol groups is 1. The minimum atomic E-state index is -0.173. The Hall–Kier alpha value is -0.760. The van der Waals surface area contributed by atoms with E-state index in [0.29, 0.717) is 5.56 Å². The molecule has 2 heteroatoms. The zero-order chi connectivity index (χ0) is 10.9. The van der Waals surface area contributed by atoms with E-state index in [0.717, 1.165) is 5.56 Å². The molecule has 0 aliphatic rings. The molecule has 0 unspecified atom stereocenters. The Labute approximate surface area is 90.9 Å². The summed E-state index contributed by atoms with van der Waals surface area (Å²) in [6.45, 7) is 8.52. The molecule has 1 nitrogen and oxygen atoms in total. The molecule has 0 bridgehead atoms. The molecule has 0 aliphatic heterocycles. The van der Waals surface area contributed by atoms with Crippen LogP contribution in [0.2, 0.25) is 0 Å². The van der Waals surface area contributed by atoms with Gasteiger partial charge in [-0.3, -0.25) is 4.79 Å². The summed E-state index contributed by atoms with van der Waals surface area (Å²) in [5.41, 5.74) is 3.22. The lowest BCUT2D eigenvalue weighted by Gasteiger charge is -2.21. The summed E-state index contributed by atoms with van der Waals surface area (Å²) in [7, 11) is 0. The Balaban J connectivity index is 3.21. The van der Waals surface area contributed by atoms with Gasteiger partial charge in [0.15, 0.2) is 0 Å². The first-order valence-corrected chi connectivity index (χ1v) is 5.11. The van der Waals surface area contributed by atoms with Gasteiger partial charge in [0.25, 0.3) is 0 Å². The summed E-state index contributed by atoms with van der Waals surface area (Å²) in [4.78, 5) is 11.0. The SMILES string of the molecule is Cc1cc(C(=O)S)ccc1C(C)(C)C. The van der Waals surface area contributed by atoms with E-state index in [2.05, 4.69) is 33.4 Å². The maximum absolute atomic E-state index is 11.0. The topological polar surface area (TPSA) is 17.1 Å². The summed E-state index contributed by atoms with van der Waals surface area (Å²) in [6, 6.07) is 5.75. The normalized spacial score (nSPS) is 11.5. The van der Waals surface area contributed by atoms with Crippen molar-refractivity contribution >= 4 is 17.7 Å². The van der Waals surface area contributed by atoms with Crippen LogP contribution in [0.5, 0.6) is 0 Å². The molecule has 0 atom stereocenters. The Bertz CT molecular complexity index is 361. The van der Waals surface area contributed by atoms with Crippen LogP contribution < -0.4 is 0 Å². The van der Waals surface area contributed by atoms with E-state index in [9.17, 15) is 4.79 Å². The summed E-state index contributed by atoms with van der Waals surface area (Å²) in [5, 5.41) is -0.173. The van der Waals surface area contributed by atoms with E-state index >= 15 is 0 Å². The van der Waals surface area contributed by atoms with Crippen LogP contribution in [0.3, 0.4) is 0 Å². The lowest BCUT2D eigenvalue weighted by atomic mass is 9.83. The quantitative estimate of drug-likeness (QED) is 0.700. The van der Waals surface area contributed by atoms with Crippen molar-refractivity contribution in [2.75, 3.05) is 0 Å². The van der Waals surface area contributed by atoms with Crippen LogP contribution in [0.25, 0.3) is 0 Å². The summed E-state index contributed by atoms with van der Waals surface area (Å²) in [6.07, 6.45) is 0. The first kappa shape index (κ1) is 11.3. The first-order valence-electron chi connectivity index (χ1n) is 4.67. The van der Waals surface area contributed by atoms with Gasteiger partial charge in [0.2, 0.25) is 5.12 Å². The minimum Gasteiger partial charge on any atom is -0.282 e. The van der Waals surface area contributed by atoms with Gasteiger partial charge in [-0.2, -0.15) is 0 Å². The maximum atomic E-state index is 11.0. The number of hydrogen-bond acceptors (Lipinski definition) is 1. The third-order valence-electron chi connectivity index (χ3n) is 2.28. The van der Waals surface area contributed by atoms with E-state index in [-0.39, 0.29) is 10.5 Å². The van der Waals surface area contributed by atoms with Gasteiger partial charge in [-0.15, -0.1) is 12.6 Å². The highest BCUT2D eigenvalue weighted by Gasteiger charge is 2.16. The van der Waals surface area contributed by atoms with Crippen molar-refractivity contribution in [3.8, 4) is 0 Å². The molecule has 0 radical (unpaired) electrons. The van der Waals surface area contributed by atoms with Gasteiger partial charge >= 0.3 is 0 Å². The number of aryl methyl sites for hydroxylation is 1. The predicted molar refractivity (Wildman–Crippen MR) is 63.2 cm³/mol. The molecule has 0 fully saturated rings. The average Bonchev–Trinajstić information content (AvgIpc) is 2.01. The summed E-state index contributed by atoms with van der Waals surface area (Å²) < 4.78 is 0. The van der Waals surface area contributed by atoms with Crippen LogP contribution in [0.4, 0.5) is 0 Å². The van der Waals surface area contributed by atoms with Gasteiger partial charge in [-0.25, -0.2) is 0 Å². The molecule has 1 aromatic rings. The average molecular weight is 208 g/mol. The van der Waals surface area contributed by atoms with E-state index in [1.165, 1.54) is 5.56 Å². The highest BCUT2D eigenvalue weighted by atomic mass is 32.1. The third-order valence-corrected chi connectivity index (χ3v) is 2.54. The van der Waals surface area contributed by atoms with Gasteiger partial charge in [-0.1, -0.05) is 32.9 Å². The highest BCUT2D eigenvalue weighted by Crippen LogP contribution is 2.26. The van der Waals surface area contributed by atoms with Crippen LogP contribution in [-0.2, 0) is 5.41 Å². The highest BCUT2D eigenvalue weighted by molar-refractivity contribution is 7.97. The number of hydrogen-bond donors (Lipinski definition) is 1. The number of rotatable bonds is 1. The second kappa shape index (κ2) is 3.77. The monoisotopic (exact) mass is 208 g/mol. The largest absolute Gasteiger partial charge is 0.282 e. The number of benzene rings is 1. The minimum absolute atomic E-state index is 0.127. The molecule has 0 N–H and O–H groups in total. The number of carbonyl (C=O) groups excluding carboxylic acids is 1. The van der Waals surface area contributed by atoms with Crippen LogP contribution >= 0.6 is 12.6 Å². The molecular weight excluding hydrogens is 192 g/mol. The summed E-state index contributed by atoms with van der Waals surface area (Å²) in [5.74, 6) is 0. The lowest BCUT2D eigenvalue weighted by molar-refractivity contribution is 0.109. The molecule has 0 aliphatic carbocycles. The Kier molecular flexibility index (Phi) is 3.05. The molecule has 0 saturated carbocycles. The van der Waals surface area contributed by atoms with Crippen molar-refractivity contribution in [1.29, 1.82) is 0 Å². The van der Waals surface area contributed by atoms with Gasteiger partial charge in [-0.05, 0) is 29.5 Å². The van der Waals surface area contributed by atoms with E-state index in [4.69, 9.17) is 0 Å². The van der Waals surface area contributed by atoms with Crippen LogP contribution in [0.1, 0.15) is 42.3 Å². The van der Waals surface area contributed by atoms with Crippen molar-refractivity contribution in [2.45, 2.75) is 33.1 Å².